The van der Waals surface area contributed by atoms with E-state index < -0.39 is 29.3 Å². The average molecular weight is 450 g/mol. The highest BCUT2D eigenvalue weighted by molar-refractivity contribution is 6.31. The lowest BCUT2D eigenvalue weighted by atomic mass is 9.98. The third kappa shape index (κ3) is 3.38. The summed E-state index contributed by atoms with van der Waals surface area (Å²) in [5.41, 5.74) is 0.949. The van der Waals surface area contributed by atoms with Crippen LogP contribution in [0.4, 0.5) is 4.39 Å². The van der Waals surface area contributed by atoms with Gasteiger partial charge in [-0.05, 0) is 41.5 Å². The van der Waals surface area contributed by atoms with Crippen LogP contribution in [0.25, 0.3) is 11.0 Å². The van der Waals surface area contributed by atoms with E-state index in [9.17, 15) is 19.1 Å². The number of β-amino-alcohol motifs (C(OH)–C–C–N with tert-alkyl or cyclic N) is 1. The summed E-state index contributed by atoms with van der Waals surface area (Å²) in [5.74, 6) is -1.15. The monoisotopic (exact) mass is 449 g/mol. The summed E-state index contributed by atoms with van der Waals surface area (Å²) >= 11 is 6.07. The van der Waals surface area contributed by atoms with Gasteiger partial charge in [-0.15, -0.1) is 0 Å². The minimum absolute atomic E-state index is 0.106. The number of halogens is 2. The van der Waals surface area contributed by atoms with Crippen LogP contribution >= 0.6 is 11.6 Å². The molecule has 4 aromatic rings. The van der Waals surface area contributed by atoms with Crippen LogP contribution in [0.1, 0.15) is 39.4 Å². The second-order valence-electron chi connectivity index (χ2n) is 7.66. The number of amides is 1. The Morgan fingerprint density at radius 3 is 2.56 bits per heavy atom. The molecule has 1 aromatic heterocycles. The van der Waals surface area contributed by atoms with Crippen molar-refractivity contribution in [2.24, 2.45) is 0 Å². The Labute approximate surface area is 187 Å². The summed E-state index contributed by atoms with van der Waals surface area (Å²) in [6, 6.07) is 18.3. The number of fused-ring (bicyclic) bond motifs is 2. The maximum absolute atomic E-state index is 14.1. The normalized spacial score (nSPS) is 16.4. The first-order valence-corrected chi connectivity index (χ1v) is 10.4. The van der Waals surface area contributed by atoms with Gasteiger partial charge in [0.25, 0.3) is 5.91 Å². The van der Waals surface area contributed by atoms with Gasteiger partial charge in [0.05, 0.1) is 29.6 Å². The van der Waals surface area contributed by atoms with Crippen molar-refractivity contribution in [1.82, 2.24) is 4.90 Å². The second-order valence-corrected chi connectivity index (χ2v) is 8.09. The van der Waals surface area contributed by atoms with Crippen LogP contribution in [0, 0.1) is 5.82 Å². The molecule has 0 fully saturated rings. The van der Waals surface area contributed by atoms with E-state index in [0.29, 0.717) is 16.1 Å². The van der Waals surface area contributed by atoms with Crippen LogP contribution in [0.3, 0.4) is 0 Å². The molecule has 5 rings (SSSR count). The van der Waals surface area contributed by atoms with E-state index in [2.05, 4.69) is 0 Å². The molecular weight excluding hydrogens is 433 g/mol. The Morgan fingerprint density at radius 2 is 1.81 bits per heavy atom. The van der Waals surface area contributed by atoms with Crippen molar-refractivity contribution in [1.29, 1.82) is 0 Å². The van der Waals surface area contributed by atoms with Crippen LogP contribution in [0.15, 0.2) is 82.0 Å². The van der Waals surface area contributed by atoms with Crippen molar-refractivity contribution >= 4 is 28.5 Å². The summed E-state index contributed by atoms with van der Waals surface area (Å²) in [6.45, 7) is -0.106. The van der Waals surface area contributed by atoms with E-state index in [4.69, 9.17) is 16.0 Å². The largest absolute Gasteiger partial charge is 0.450 e. The van der Waals surface area contributed by atoms with Crippen molar-refractivity contribution in [2.75, 3.05) is 6.54 Å². The quantitative estimate of drug-likeness (QED) is 0.483. The molecule has 3 aromatic carbocycles. The Bertz CT molecular complexity index is 1400. The van der Waals surface area contributed by atoms with Crippen LogP contribution in [0.5, 0.6) is 0 Å². The van der Waals surface area contributed by atoms with Gasteiger partial charge in [0.15, 0.2) is 5.43 Å². The SMILES string of the molecule is O=C1c2oc3ccc(Cl)cc3c(=O)c2[C@H](c2cccc(F)c2)N1C[C@@H](O)c1ccccc1. The maximum Gasteiger partial charge on any atom is 0.291 e. The summed E-state index contributed by atoms with van der Waals surface area (Å²) in [5, 5.41) is 11.4. The lowest BCUT2D eigenvalue weighted by molar-refractivity contribution is 0.0583. The zero-order valence-corrected chi connectivity index (χ0v) is 17.4. The molecule has 1 aliphatic rings. The standard InChI is InChI=1S/C25H17ClFNO4/c26-16-9-10-20-18(12-16)23(30)21-22(15-7-4-8-17(27)11-15)28(25(31)24(21)32-20)13-19(29)14-5-2-1-3-6-14/h1-12,19,22,29H,13H2/t19-,22+/m1/s1. The molecule has 0 saturated heterocycles. The number of aliphatic hydroxyl groups is 1. The number of hydrogen-bond acceptors (Lipinski definition) is 4. The zero-order valence-electron chi connectivity index (χ0n) is 16.7. The number of carbonyl (C=O) groups excluding carboxylic acids is 1. The molecule has 7 heteroatoms. The predicted molar refractivity (Wildman–Crippen MR) is 118 cm³/mol. The Morgan fingerprint density at radius 1 is 1.03 bits per heavy atom. The molecule has 160 valence electrons. The number of rotatable bonds is 4. The van der Waals surface area contributed by atoms with Gasteiger partial charge in [0.2, 0.25) is 5.76 Å². The molecule has 0 unspecified atom stereocenters. The minimum atomic E-state index is -1.01. The van der Waals surface area contributed by atoms with Crippen LogP contribution in [-0.2, 0) is 0 Å². The molecule has 0 saturated carbocycles. The van der Waals surface area contributed by atoms with Gasteiger partial charge < -0.3 is 14.4 Å². The van der Waals surface area contributed by atoms with Gasteiger partial charge in [0.1, 0.15) is 11.4 Å². The number of benzene rings is 3. The van der Waals surface area contributed by atoms with Crippen LogP contribution in [-0.4, -0.2) is 22.5 Å². The van der Waals surface area contributed by atoms with Gasteiger partial charge in [-0.25, -0.2) is 4.39 Å². The Hall–Kier alpha value is -3.48. The molecule has 2 heterocycles. The molecule has 0 radical (unpaired) electrons. The molecule has 5 nitrogen and oxygen atoms in total. The highest BCUT2D eigenvalue weighted by Crippen LogP contribution is 2.39. The third-order valence-electron chi connectivity index (χ3n) is 5.65. The first-order valence-electron chi connectivity index (χ1n) is 10.00. The minimum Gasteiger partial charge on any atom is -0.450 e. The molecule has 1 amide bonds. The Kier molecular flexibility index (Phi) is 5.04. The first-order chi connectivity index (χ1) is 15.4. The molecule has 0 spiro atoms. The van der Waals surface area contributed by atoms with Crippen molar-refractivity contribution in [2.45, 2.75) is 12.1 Å². The second kappa shape index (κ2) is 7.89. The van der Waals surface area contributed by atoms with Crippen molar-refractivity contribution < 1.29 is 18.7 Å². The van der Waals surface area contributed by atoms with Crippen LogP contribution in [0.2, 0.25) is 5.02 Å². The highest BCUT2D eigenvalue weighted by Gasteiger charge is 2.43. The highest BCUT2D eigenvalue weighted by atomic mass is 35.5. The maximum atomic E-state index is 14.1. The fraction of sp³-hybridized carbons (Fsp3) is 0.120. The topological polar surface area (TPSA) is 70.8 Å². The van der Waals surface area contributed by atoms with E-state index in [0.717, 1.165) is 0 Å². The average Bonchev–Trinajstić information content (AvgIpc) is 3.07. The lowest BCUT2D eigenvalue weighted by Crippen LogP contribution is -2.33. The van der Waals surface area contributed by atoms with Crippen molar-refractivity contribution in [3.8, 4) is 0 Å². The van der Waals surface area contributed by atoms with E-state index >= 15 is 0 Å². The van der Waals surface area contributed by atoms with E-state index in [1.54, 1.807) is 36.4 Å². The molecule has 2 atom stereocenters. The zero-order chi connectivity index (χ0) is 22.4. The summed E-state index contributed by atoms with van der Waals surface area (Å²) < 4.78 is 19.9. The number of aliphatic hydroxyl groups excluding tert-OH is 1. The Balaban J connectivity index is 1.69. The van der Waals surface area contributed by atoms with E-state index in [1.807, 2.05) is 6.07 Å². The summed E-state index contributed by atoms with van der Waals surface area (Å²) in [6.07, 6.45) is -1.01. The van der Waals surface area contributed by atoms with E-state index in [-0.39, 0.29) is 28.8 Å². The van der Waals surface area contributed by atoms with Gasteiger partial charge in [-0.3, -0.25) is 9.59 Å². The number of nitrogens with zero attached hydrogens (tertiary/aromatic N) is 1. The molecule has 1 aliphatic heterocycles. The molecular formula is C25H17ClFNO4. The van der Waals surface area contributed by atoms with Crippen molar-refractivity contribution in [3.63, 3.8) is 0 Å². The smallest absolute Gasteiger partial charge is 0.291 e. The fourth-order valence-corrected chi connectivity index (χ4v) is 4.34. The third-order valence-corrected chi connectivity index (χ3v) is 5.88. The van der Waals surface area contributed by atoms with Gasteiger partial charge >= 0.3 is 0 Å². The predicted octanol–water partition coefficient (Wildman–Crippen LogP) is 4.86. The first kappa shape index (κ1) is 20.4. The van der Waals surface area contributed by atoms with E-state index in [1.165, 1.54) is 35.2 Å². The number of hydrogen-bond donors (Lipinski definition) is 1. The molecule has 0 bridgehead atoms. The lowest BCUT2D eigenvalue weighted by Gasteiger charge is -2.27. The van der Waals surface area contributed by atoms with Crippen molar-refractivity contribution in [3.05, 3.63) is 116 Å². The fourth-order valence-electron chi connectivity index (χ4n) is 4.17. The van der Waals surface area contributed by atoms with Crippen LogP contribution < -0.4 is 5.43 Å². The molecule has 0 aliphatic carbocycles. The van der Waals surface area contributed by atoms with Gasteiger partial charge in [-0.1, -0.05) is 54.1 Å². The summed E-state index contributed by atoms with van der Waals surface area (Å²) in [4.78, 5) is 28.1. The molecule has 1 N–H and O–H groups in total. The molecule has 32 heavy (non-hydrogen) atoms. The van der Waals surface area contributed by atoms with Gasteiger partial charge in [0, 0.05) is 5.02 Å². The van der Waals surface area contributed by atoms with Gasteiger partial charge in [-0.2, -0.15) is 0 Å². The summed E-state index contributed by atoms with van der Waals surface area (Å²) in [7, 11) is 0. The number of carbonyl (C=O) groups is 1.